The molecule has 1 N–H and O–H groups in total. The first kappa shape index (κ1) is 24.9. The summed E-state index contributed by atoms with van der Waals surface area (Å²) in [5, 5.41) is 6.87. The molecule has 0 aliphatic rings. The van der Waals surface area contributed by atoms with Crippen molar-refractivity contribution in [1.82, 2.24) is 5.16 Å². The molecule has 0 saturated carbocycles. The van der Waals surface area contributed by atoms with Crippen LogP contribution in [0.15, 0.2) is 41.1 Å². The van der Waals surface area contributed by atoms with Crippen molar-refractivity contribution in [2.75, 3.05) is 5.32 Å². The smallest absolute Gasteiger partial charge is 0.173 e. The Balaban J connectivity index is 0.000000460. The molecular formula is C23H37FN2O. The molecule has 0 aliphatic carbocycles. The summed E-state index contributed by atoms with van der Waals surface area (Å²) >= 11 is 0. The minimum absolute atomic E-state index is 0.00199. The van der Waals surface area contributed by atoms with Gasteiger partial charge in [0.2, 0.25) is 0 Å². The molecule has 1 aromatic carbocycles. The minimum Gasteiger partial charge on any atom is -0.359 e. The van der Waals surface area contributed by atoms with Crippen LogP contribution in [0.4, 0.5) is 10.2 Å². The zero-order valence-electron chi connectivity index (χ0n) is 18.7. The number of aromatic nitrogens is 1. The predicted molar refractivity (Wildman–Crippen MR) is 115 cm³/mol. The van der Waals surface area contributed by atoms with Crippen molar-refractivity contribution in [3.63, 3.8) is 0 Å². The van der Waals surface area contributed by atoms with Gasteiger partial charge in [0.05, 0.1) is 0 Å². The van der Waals surface area contributed by atoms with Gasteiger partial charge in [0.1, 0.15) is 11.4 Å². The molecule has 4 heteroatoms. The summed E-state index contributed by atoms with van der Waals surface area (Å²) in [5.41, 5.74) is 2.56. The lowest BCUT2D eigenvalue weighted by atomic mass is 9.93. The van der Waals surface area contributed by atoms with Gasteiger partial charge in [-0.05, 0) is 45.7 Å². The predicted octanol–water partition coefficient (Wildman–Crippen LogP) is 7.45. The highest BCUT2D eigenvalue weighted by molar-refractivity contribution is 5.40. The van der Waals surface area contributed by atoms with E-state index in [0.717, 1.165) is 34.0 Å². The number of allylic oxidation sites excluding steroid dienone is 1. The molecule has 0 saturated heterocycles. The van der Waals surface area contributed by atoms with Gasteiger partial charge in [-0.1, -0.05) is 70.1 Å². The van der Waals surface area contributed by atoms with Crippen LogP contribution in [0.2, 0.25) is 0 Å². The van der Waals surface area contributed by atoms with Crippen LogP contribution in [0.1, 0.15) is 77.8 Å². The molecule has 1 aromatic heterocycles. The summed E-state index contributed by atoms with van der Waals surface area (Å²) in [6.07, 6.45) is 0. The molecule has 0 fully saturated rings. The van der Waals surface area contributed by atoms with Gasteiger partial charge in [-0.25, -0.2) is 4.39 Å². The van der Waals surface area contributed by atoms with E-state index in [-0.39, 0.29) is 5.41 Å². The van der Waals surface area contributed by atoms with E-state index in [2.05, 4.69) is 37.8 Å². The Bertz CT molecular complexity index is 719. The third-order valence-electron chi connectivity index (χ3n) is 3.62. The van der Waals surface area contributed by atoms with E-state index < -0.39 is 5.67 Å². The second kappa shape index (κ2) is 10.3. The molecule has 3 nitrogen and oxygen atoms in total. The van der Waals surface area contributed by atoms with Gasteiger partial charge in [0.25, 0.3) is 0 Å². The molecule has 2 rings (SSSR count). The van der Waals surface area contributed by atoms with Crippen molar-refractivity contribution in [2.24, 2.45) is 0 Å². The second-order valence-electron chi connectivity index (χ2n) is 8.02. The van der Waals surface area contributed by atoms with E-state index in [1.165, 1.54) is 0 Å². The van der Waals surface area contributed by atoms with Crippen LogP contribution in [0, 0.1) is 13.8 Å². The molecule has 0 atom stereocenters. The van der Waals surface area contributed by atoms with E-state index in [1.807, 2.05) is 58.9 Å². The third-order valence-corrected chi connectivity index (χ3v) is 3.62. The molecular weight excluding hydrogens is 339 g/mol. The fraction of sp³-hybridized carbons (Fsp3) is 0.522. The first-order valence-electron chi connectivity index (χ1n) is 9.47. The normalized spacial score (nSPS) is 10.9. The lowest BCUT2D eigenvalue weighted by molar-refractivity contribution is 0.220. The molecule has 0 aliphatic heterocycles. The summed E-state index contributed by atoms with van der Waals surface area (Å²) in [6, 6.07) is 7.78. The number of anilines is 1. The zero-order valence-corrected chi connectivity index (χ0v) is 18.7. The molecule has 1 heterocycles. The van der Waals surface area contributed by atoms with Crippen LogP contribution in [-0.2, 0) is 11.1 Å². The topological polar surface area (TPSA) is 38.1 Å². The molecule has 0 amide bonds. The first-order valence-corrected chi connectivity index (χ1v) is 9.47. The maximum Gasteiger partial charge on any atom is 0.173 e. The number of halogens is 1. The van der Waals surface area contributed by atoms with Gasteiger partial charge < -0.3 is 9.84 Å². The third kappa shape index (κ3) is 8.89. The monoisotopic (exact) mass is 376 g/mol. The van der Waals surface area contributed by atoms with E-state index in [0.29, 0.717) is 0 Å². The Morgan fingerprint density at radius 3 is 2.00 bits per heavy atom. The number of benzene rings is 1. The number of rotatable bonds is 3. The molecule has 2 aromatic rings. The fourth-order valence-electron chi connectivity index (χ4n) is 2.28. The highest BCUT2D eigenvalue weighted by Crippen LogP contribution is 2.28. The SMILES string of the molecule is C=C(C)Nc1cc(C(C)(C)C)on1.CC.Cc1ccc(C)c(C(C)(C)F)c1. The standard InChI is InChI=1S/C11H15F.C10H16N2O.C2H6/c1-8-5-6-9(2)10(7-8)11(3,4)12;1-7(2)11-9-6-8(13-12-9)10(3,4)5;1-2/h5-7H,1-4H3;6H,1H2,2-5H3,(H,11,12);1-2H3. The average Bonchev–Trinajstić information content (AvgIpc) is 2.99. The number of nitrogens with zero attached hydrogens (tertiary/aromatic N) is 1. The van der Waals surface area contributed by atoms with Crippen molar-refractivity contribution in [3.8, 4) is 0 Å². The summed E-state index contributed by atoms with van der Waals surface area (Å²) < 4.78 is 18.7. The Morgan fingerprint density at radius 2 is 1.63 bits per heavy atom. The van der Waals surface area contributed by atoms with E-state index in [9.17, 15) is 4.39 Å². The number of hydrogen-bond donors (Lipinski definition) is 1. The van der Waals surface area contributed by atoms with Crippen molar-refractivity contribution in [2.45, 2.75) is 80.3 Å². The summed E-state index contributed by atoms with van der Waals surface area (Å²) in [6.45, 7) is 23.0. The molecule has 0 spiro atoms. The van der Waals surface area contributed by atoms with Crippen molar-refractivity contribution >= 4 is 5.82 Å². The fourth-order valence-corrected chi connectivity index (χ4v) is 2.28. The first-order chi connectivity index (χ1) is 12.3. The van der Waals surface area contributed by atoms with Crippen LogP contribution in [0.25, 0.3) is 0 Å². The van der Waals surface area contributed by atoms with Crippen molar-refractivity contribution in [3.05, 3.63) is 59.0 Å². The largest absolute Gasteiger partial charge is 0.359 e. The van der Waals surface area contributed by atoms with Crippen molar-refractivity contribution in [1.29, 1.82) is 0 Å². The molecule has 27 heavy (non-hydrogen) atoms. The molecule has 0 radical (unpaired) electrons. The number of nitrogens with one attached hydrogen (secondary N) is 1. The van der Waals surface area contributed by atoms with E-state index >= 15 is 0 Å². The van der Waals surface area contributed by atoms with E-state index in [1.54, 1.807) is 13.8 Å². The van der Waals surface area contributed by atoms with Gasteiger partial charge >= 0.3 is 0 Å². The molecule has 0 unspecified atom stereocenters. The lowest BCUT2D eigenvalue weighted by Gasteiger charge is -2.17. The van der Waals surface area contributed by atoms with E-state index in [4.69, 9.17) is 4.52 Å². The van der Waals surface area contributed by atoms with Gasteiger partial charge in [-0.2, -0.15) is 0 Å². The lowest BCUT2D eigenvalue weighted by Crippen LogP contribution is -2.11. The Labute approximate surface area is 165 Å². The van der Waals surface area contributed by atoms with Crippen LogP contribution in [0.5, 0.6) is 0 Å². The number of aryl methyl sites for hydroxylation is 2. The zero-order chi connectivity index (χ0) is 21.4. The number of hydrogen-bond acceptors (Lipinski definition) is 3. The average molecular weight is 377 g/mol. The van der Waals surface area contributed by atoms with Crippen LogP contribution in [0.3, 0.4) is 0 Å². The minimum atomic E-state index is -1.23. The van der Waals surface area contributed by atoms with Crippen LogP contribution < -0.4 is 5.32 Å². The maximum absolute atomic E-state index is 13.6. The maximum atomic E-state index is 13.6. The summed E-state index contributed by atoms with van der Waals surface area (Å²) in [4.78, 5) is 0. The highest BCUT2D eigenvalue weighted by Gasteiger charge is 2.20. The number of alkyl halides is 1. The van der Waals surface area contributed by atoms with Crippen LogP contribution >= 0.6 is 0 Å². The Morgan fingerprint density at radius 1 is 1.07 bits per heavy atom. The summed E-state index contributed by atoms with van der Waals surface area (Å²) in [7, 11) is 0. The second-order valence-corrected chi connectivity index (χ2v) is 8.02. The van der Waals surface area contributed by atoms with Gasteiger partial charge in [0, 0.05) is 17.2 Å². The van der Waals surface area contributed by atoms with Gasteiger partial charge in [0.15, 0.2) is 5.82 Å². The highest BCUT2D eigenvalue weighted by atomic mass is 19.1. The van der Waals surface area contributed by atoms with Crippen LogP contribution in [-0.4, -0.2) is 5.16 Å². The quantitative estimate of drug-likeness (QED) is 0.604. The van der Waals surface area contributed by atoms with Gasteiger partial charge in [-0.15, -0.1) is 0 Å². The Hall–Kier alpha value is -2.10. The Kier molecular flexibility index (Phi) is 9.49. The molecule has 152 valence electrons. The molecule has 0 bridgehead atoms. The summed E-state index contributed by atoms with van der Waals surface area (Å²) in [5.74, 6) is 1.59. The van der Waals surface area contributed by atoms with Gasteiger partial charge in [-0.3, -0.25) is 0 Å². The van der Waals surface area contributed by atoms with Crippen molar-refractivity contribution < 1.29 is 8.91 Å².